The van der Waals surface area contributed by atoms with E-state index in [4.69, 9.17) is 9.97 Å². The lowest BCUT2D eigenvalue weighted by Crippen LogP contribution is -2.00. The van der Waals surface area contributed by atoms with Crippen LogP contribution in [0.5, 0.6) is 0 Å². The molecule has 7 aromatic rings. The molecule has 1 aromatic heterocycles. The fraction of sp³-hybridized carbons (Fsp3) is 0. The first-order valence-corrected chi connectivity index (χ1v) is 13.5. The Bertz CT molecular complexity index is 1890. The summed E-state index contributed by atoms with van der Waals surface area (Å²) < 4.78 is 0. The summed E-state index contributed by atoms with van der Waals surface area (Å²) in [5, 5.41) is 0. The molecule has 6 aromatic carbocycles. The molecular weight excluding hydrogens is 484 g/mol. The molecule has 0 bridgehead atoms. The lowest BCUT2D eigenvalue weighted by atomic mass is 9.86. The van der Waals surface area contributed by atoms with Crippen LogP contribution in [0.25, 0.3) is 66.9 Å². The third kappa shape index (κ3) is 4.36. The van der Waals surface area contributed by atoms with E-state index in [0.717, 1.165) is 66.9 Å². The molecule has 0 fully saturated rings. The van der Waals surface area contributed by atoms with Gasteiger partial charge in [0.05, 0.1) is 22.4 Å². The largest absolute Gasteiger partial charge is 0.244 e. The van der Waals surface area contributed by atoms with Crippen molar-refractivity contribution in [1.82, 2.24) is 9.97 Å². The molecule has 0 spiro atoms. The molecule has 2 heteroatoms. The van der Waals surface area contributed by atoms with Crippen molar-refractivity contribution in [2.75, 3.05) is 0 Å². The van der Waals surface area contributed by atoms with Crippen LogP contribution in [0.1, 0.15) is 0 Å². The zero-order chi connectivity index (χ0) is 26.7. The van der Waals surface area contributed by atoms with Gasteiger partial charge in [0.1, 0.15) is 0 Å². The molecular formula is C38H26N2. The first kappa shape index (κ1) is 23.8. The first-order chi connectivity index (χ1) is 19.9. The van der Waals surface area contributed by atoms with Gasteiger partial charge in [0.2, 0.25) is 0 Å². The standard InChI is InChI=1S/C38H26N2/c1-6-16-27(17-7-1)32-26-33-38(35(29-20-10-3-11-21-29)34(32)28-18-8-2-9-19-28)40-37(31-24-14-5-15-25-31)36(39-33)30-22-12-4-13-23-30/h1-26H. The van der Waals surface area contributed by atoms with E-state index in [1.807, 2.05) is 12.1 Å². The Morgan fingerprint density at radius 3 is 1.18 bits per heavy atom. The number of aromatic nitrogens is 2. The van der Waals surface area contributed by atoms with Crippen molar-refractivity contribution in [3.05, 3.63) is 158 Å². The van der Waals surface area contributed by atoms with Gasteiger partial charge in [-0.2, -0.15) is 0 Å². The minimum absolute atomic E-state index is 0.871. The van der Waals surface area contributed by atoms with Crippen LogP contribution < -0.4 is 0 Å². The van der Waals surface area contributed by atoms with Gasteiger partial charge in [-0.1, -0.05) is 152 Å². The van der Waals surface area contributed by atoms with E-state index in [2.05, 4.69) is 146 Å². The summed E-state index contributed by atoms with van der Waals surface area (Å²) >= 11 is 0. The van der Waals surface area contributed by atoms with E-state index in [0.29, 0.717) is 0 Å². The van der Waals surface area contributed by atoms with Gasteiger partial charge in [0.25, 0.3) is 0 Å². The Morgan fingerprint density at radius 1 is 0.325 bits per heavy atom. The number of benzene rings is 6. The lowest BCUT2D eigenvalue weighted by molar-refractivity contribution is 1.29. The topological polar surface area (TPSA) is 25.8 Å². The second-order valence-electron chi connectivity index (χ2n) is 9.79. The Kier molecular flexibility index (Phi) is 6.20. The molecule has 0 radical (unpaired) electrons. The summed E-state index contributed by atoms with van der Waals surface area (Å²) in [5.41, 5.74) is 12.4. The molecule has 1 heterocycles. The lowest BCUT2D eigenvalue weighted by Gasteiger charge is -2.20. The van der Waals surface area contributed by atoms with Crippen molar-refractivity contribution in [3.63, 3.8) is 0 Å². The SMILES string of the molecule is c1ccc(-c2cc3nc(-c4ccccc4)c(-c4ccccc4)nc3c(-c3ccccc3)c2-c2ccccc2)cc1. The van der Waals surface area contributed by atoms with E-state index < -0.39 is 0 Å². The summed E-state index contributed by atoms with van der Waals surface area (Å²) in [6, 6.07) is 54.8. The molecule has 0 saturated carbocycles. The molecule has 188 valence electrons. The highest BCUT2D eigenvalue weighted by Gasteiger charge is 2.22. The van der Waals surface area contributed by atoms with Gasteiger partial charge in [-0.15, -0.1) is 0 Å². The predicted octanol–water partition coefficient (Wildman–Crippen LogP) is 9.96. The van der Waals surface area contributed by atoms with Gasteiger partial charge in [0.15, 0.2) is 0 Å². The van der Waals surface area contributed by atoms with Crippen LogP contribution >= 0.6 is 0 Å². The molecule has 0 N–H and O–H groups in total. The van der Waals surface area contributed by atoms with Crippen LogP contribution in [0.15, 0.2) is 158 Å². The summed E-state index contributed by atoms with van der Waals surface area (Å²) in [6.45, 7) is 0. The average Bonchev–Trinajstić information content (AvgIpc) is 3.05. The smallest absolute Gasteiger partial charge is 0.0979 e. The van der Waals surface area contributed by atoms with Crippen LogP contribution in [-0.2, 0) is 0 Å². The summed E-state index contributed by atoms with van der Waals surface area (Å²) in [5.74, 6) is 0. The van der Waals surface area contributed by atoms with Crippen molar-refractivity contribution in [2.24, 2.45) is 0 Å². The maximum Gasteiger partial charge on any atom is 0.0979 e. The highest BCUT2D eigenvalue weighted by Crippen LogP contribution is 2.45. The number of nitrogens with zero attached hydrogens (tertiary/aromatic N) is 2. The zero-order valence-electron chi connectivity index (χ0n) is 21.9. The first-order valence-electron chi connectivity index (χ1n) is 13.5. The highest BCUT2D eigenvalue weighted by molar-refractivity contribution is 6.08. The maximum atomic E-state index is 5.46. The van der Waals surface area contributed by atoms with Crippen LogP contribution in [0.2, 0.25) is 0 Å². The molecule has 0 saturated heterocycles. The fourth-order valence-corrected chi connectivity index (χ4v) is 5.43. The minimum Gasteiger partial charge on any atom is -0.244 e. The Balaban J connectivity index is 1.67. The van der Waals surface area contributed by atoms with Gasteiger partial charge >= 0.3 is 0 Å². The van der Waals surface area contributed by atoms with Gasteiger partial charge in [-0.05, 0) is 33.9 Å². The maximum absolute atomic E-state index is 5.46. The minimum atomic E-state index is 0.871. The van der Waals surface area contributed by atoms with Gasteiger partial charge in [0, 0.05) is 16.7 Å². The molecule has 0 aliphatic rings. The van der Waals surface area contributed by atoms with E-state index in [-0.39, 0.29) is 0 Å². The molecule has 40 heavy (non-hydrogen) atoms. The molecule has 7 rings (SSSR count). The molecule has 2 nitrogen and oxygen atoms in total. The average molecular weight is 511 g/mol. The van der Waals surface area contributed by atoms with Crippen LogP contribution in [0.3, 0.4) is 0 Å². The Hall–Kier alpha value is -5.34. The van der Waals surface area contributed by atoms with E-state index in [1.54, 1.807) is 0 Å². The van der Waals surface area contributed by atoms with Crippen molar-refractivity contribution in [3.8, 4) is 55.9 Å². The number of rotatable bonds is 5. The number of fused-ring (bicyclic) bond motifs is 1. The van der Waals surface area contributed by atoms with E-state index in [9.17, 15) is 0 Å². The summed E-state index contributed by atoms with van der Waals surface area (Å²) in [6.07, 6.45) is 0. The predicted molar refractivity (Wildman–Crippen MR) is 167 cm³/mol. The second kappa shape index (κ2) is 10.4. The molecule has 0 amide bonds. The van der Waals surface area contributed by atoms with Crippen LogP contribution in [-0.4, -0.2) is 9.97 Å². The Labute approximate surface area is 234 Å². The van der Waals surface area contributed by atoms with Gasteiger partial charge < -0.3 is 0 Å². The van der Waals surface area contributed by atoms with Crippen molar-refractivity contribution in [2.45, 2.75) is 0 Å². The zero-order valence-corrected chi connectivity index (χ0v) is 21.9. The van der Waals surface area contributed by atoms with Crippen LogP contribution in [0, 0.1) is 0 Å². The number of hydrogen-bond donors (Lipinski definition) is 0. The van der Waals surface area contributed by atoms with Crippen LogP contribution in [0.4, 0.5) is 0 Å². The third-order valence-corrected chi connectivity index (χ3v) is 7.26. The molecule has 0 unspecified atom stereocenters. The monoisotopic (exact) mass is 510 g/mol. The summed E-state index contributed by atoms with van der Waals surface area (Å²) in [7, 11) is 0. The van der Waals surface area contributed by atoms with Gasteiger partial charge in [-0.25, -0.2) is 9.97 Å². The number of hydrogen-bond acceptors (Lipinski definition) is 2. The van der Waals surface area contributed by atoms with Gasteiger partial charge in [-0.3, -0.25) is 0 Å². The quantitative estimate of drug-likeness (QED) is 0.230. The highest BCUT2D eigenvalue weighted by atomic mass is 14.8. The van der Waals surface area contributed by atoms with E-state index in [1.165, 1.54) is 0 Å². The fourth-order valence-electron chi connectivity index (χ4n) is 5.43. The van der Waals surface area contributed by atoms with Crippen molar-refractivity contribution in [1.29, 1.82) is 0 Å². The normalized spacial score (nSPS) is 11.0. The Morgan fingerprint density at radius 2 is 0.700 bits per heavy atom. The second-order valence-corrected chi connectivity index (χ2v) is 9.79. The molecule has 0 atom stereocenters. The molecule has 0 aliphatic carbocycles. The van der Waals surface area contributed by atoms with E-state index >= 15 is 0 Å². The molecule has 0 aliphatic heterocycles. The van der Waals surface area contributed by atoms with Crippen molar-refractivity contribution >= 4 is 11.0 Å². The van der Waals surface area contributed by atoms with Crippen molar-refractivity contribution < 1.29 is 0 Å². The summed E-state index contributed by atoms with van der Waals surface area (Å²) in [4.78, 5) is 10.8. The third-order valence-electron chi connectivity index (χ3n) is 7.26.